The average molecular weight is 522 g/mol. The maximum absolute atomic E-state index is 11.8. The van der Waals surface area contributed by atoms with E-state index in [1.165, 1.54) is 14.9 Å². The van der Waals surface area contributed by atoms with Crippen molar-refractivity contribution in [1.29, 1.82) is 0 Å². The largest absolute Gasteiger partial charge is 0.461 e. The van der Waals surface area contributed by atoms with E-state index < -0.39 is 8.32 Å². The molecule has 4 nitrogen and oxygen atoms in total. The van der Waals surface area contributed by atoms with Crippen LogP contribution >= 0.6 is 33.9 Å². The molecule has 0 aliphatic carbocycles. The van der Waals surface area contributed by atoms with E-state index in [2.05, 4.69) is 68.3 Å². The molecule has 152 valence electrons. The molecule has 0 fully saturated rings. The van der Waals surface area contributed by atoms with Gasteiger partial charge in [0.2, 0.25) is 5.01 Å². The molecule has 0 aliphatic rings. The number of rotatable bonds is 11. The second kappa shape index (κ2) is 12.1. The maximum Gasteiger partial charge on any atom is 0.367 e. The molecule has 0 aliphatic heterocycles. The zero-order valence-corrected chi connectivity index (χ0v) is 21.3. The lowest BCUT2D eigenvalue weighted by molar-refractivity contribution is 0.0526. The van der Waals surface area contributed by atoms with Gasteiger partial charge >= 0.3 is 5.97 Å². The molecule has 1 heterocycles. The van der Waals surface area contributed by atoms with Crippen molar-refractivity contribution in [3.8, 4) is 0 Å². The van der Waals surface area contributed by atoms with Gasteiger partial charge in [-0.3, -0.25) is 0 Å². The molecule has 0 unspecified atom stereocenters. The minimum atomic E-state index is -1.72. The van der Waals surface area contributed by atoms with Crippen molar-refractivity contribution in [1.82, 2.24) is 4.98 Å². The lowest BCUT2D eigenvalue weighted by Crippen LogP contribution is -2.40. The number of aromatic nitrogens is 1. The van der Waals surface area contributed by atoms with Crippen LogP contribution in [-0.4, -0.2) is 32.0 Å². The lowest BCUT2D eigenvalue weighted by atomic mass is 10.1. The highest BCUT2D eigenvalue weighted by Crippen LogP contribution is 2.28. The number of esters is 1. The van der Waals surface area contributed by atoms with Gasteiger partial charge in [0.15, 0.2) is 8.32 Å². The van der Waals surface area contributed by atoms with Crippen molar-refractivity contribution in [2.75, 3.05) is 6.61 Å². The van der Waals surface area contributed by atoms with Crippen molar-refractivity contribution in [3.05, 3.63) is 31.3 Å². The van der Waals surface area contributed by atoms with Crippen LogP contribution in [0.4, 0.5) is 0 Å². The second-order valence-corrected chi connectivity index (χ2v) is 13.8. The number of halogens is 1. The fraction of sp³-hybridized carbons (Fsp3) is 0.600. The normalized spacial score (nSPS) is 14.3. The Bertz CT molecular complexity index is 656. The van der Waals surface area contributed by atoms with E-state index in [0.717, 1.165) is 35.8 Å². The van der Waals surface area contributed by atoms with Gasteiger partial charge in [-0.2, -0.15) is 0 Å². The summed E-state index contributed by atoms with van der Waals surface area (Å²) in [6.45, 7) is 13.1. The Morgan fingerprint density at radius 1 is 1.26 bits per heavy atom. The molecule has 0 aromatic carbocycles. The van der Waals surface area contributed by atoms with Crippen LogP contribution in [-0.2, 0) is 9.16 Å². The minimum Gasteiger partial charge on any atom is -0.461 e. The van der Waals surface area contributed by atoms with Crippen molar-refractivity contribution in [2.24, 2.45) is 0 Å². The van der Waals surface area contributed by atoms with Crippen molar-refractivity contribution in [3.63, 3.8) is 0 Å². The summed E-state index contributed by atoms with van der Waals surface area (Å²) in [7, 11) is -1.72. The summed E-state index contributed by atoms with van der Waals surface area (Å²) in [6.07, 6.45) is 5.18. The summed E-state index contributed by atoms with van der Waals surface area (Å²) in [5, 5.41) is 2.30. The van der Waals surface area contributed by atoms with Crippen molar-refractivity contribution >= 4 is 54.3 Å². The van der Waals surface area contributed by atoms with Crippen LogP contribution in [0.1, 0.15) is 63.5 Å². The Labute approximate surface area is 182 Å². The quantitative estimate of drug-likeness (QED) is 0.182. The molecular weight excluding hydrogens is 489 g/mol. The summed E-state index contributed by atoms with van der Waals surface area (Å²) in [4.78, 5) is 16.2. The number of hydrogen-bond acceptors (Lipinski definition) is 5. The van der Waals surface area contributed by atoms with Gasteiger partial charge in [0.05, 0.1) is 18.4 Å². The van der Waals surface area contributed by atoms with E-state index >= 15 is 0 Å². The third-order valence-corrected chi connectivity index (χ3v) is 10.7. The van der Waals surface area contributed by atoms with E-state index in [0.29, 0.717) is 11.6 Å². The summed E-state index contributed by atoms with van der Waals surface area (Å²) >= 11 is 3.66. The van der Waals surface area contributed by atoms with Crippen LogP contribution in [0.3, 0.4) is 0 Å². The minimum absolute atomic E-state index is 0.0500. The Morgan fingerprint density at radius 2 is 1.89 bits per heavy atom. The predicted molar refractivity (Wildman–Crippen MR) is 126 cm³/mol. The zero-order valence-electron chi connectivity index (χ0n) is 17.3. The number of nitrogens with zero attached hydrogens (tertiary/aromatic N) is 1. The molecule has 0 bridgehead atoms. The Balaban J connectivity index is 3.08. The number of carbonyl (C=O) groups is 1. The summed E-state index contributed by atoms with van der Waals surface area (Å²) in [5.74, 6) is -0.356. The van der Waals surface area contributed by atoms with Gasteiger partial charge in [0.25, 0.3) is 0 Å². The standard InChI is InChI=1S/C20H32INO3SSi/c1-7-24-20(23)19-22-17(14-26-19)13-15(5)18(12-11-16(6)21)25-27(8-2,9-3)10-4/h11,13-14,18H,7-10,12H2,1-6H3/b15-13+,16-11-/t18-/m0/s1. The smallest absolute Gasteiger partial charge is 0.367 e. The SMILES string of the molecule is CCOC(=O)c1nc(/C=C(\C)[C@H](C/C=C(/C)I)O[Si](CC)(CC)CC)cs1. The van der Waals surface area contributed by atoms with Crippen molar-refractivity contribution in [2.45, 2.75) is 72.2 Å². The first kappa shape index (κ1) is 24.5. The monoisotopic (exact) mass is 521 g/mol. The number of hydrogen-bond donors (Lipinski definition) is 0. The van der Waals surface area contributed by atoms with E-state index in [-0.39, 0.29) is 12.1 Å². The highest BCUT2D eigenvalue weighted by molar-refractivity contribution is 14.1. The molecule has 1 aromatic heterocycles. The molecule has 27 heavy (non-hydrogen) atoms. The maximum atomic E-state index is 11.8. The van der Waals surface area contributed by atoms with Crippen molar-refractivity contribution < 1.29 is 14.0 Å². The lowest BCUT2D eigenvalue weighted by Gasteiger charge is -2.33. The van der Waals surface area contributed by atoms with E-state index in [9.17, 15) is 4.79 Å². The molecule has 1 aromatic rings. The van der Waals surface area contributed by atoms with E-state index in [4.69, 9.17) is 9.16 Å². The highest BCUT2D eigenvalue weighted by atomic mass is 127. The molecule has 0 amide bonds. The van der Waals surface area contributed by atoms with Gasteiger partial charge in [-0.15, -0.1) is 11.3 Å². The molecule has 0 spiro atoms. The van der Waals surface area contributed by atoms with Crippen LogP contribution in [0.25, 0.3) is 6.08 Å². The number of thiazole rings is 1. The van der Waals surface area contributed by atoms with Crippen LogP contribution < -0.4 is 0 Å². The van der Waals surface area contributed by atoms with Crippen LogP contribution in [0.2, 0.25) is 18.1 Å². The second-order valence-electron chi connectivity index (χ2n) is 6.56. The fourth-order valence-corrected chi connectivity index (χ4v) is 6.67. The van der Waals surface area contributed by atoms with Gasteiger partial charge < -0.3 is 9.16 Å². The van der Waals surface area contributed by atoms with Gasteiger partial charge in [0, 0.05) is 5.38 Å². The molecule has 1 atom stereocenters. The van der Waals surface area contributed by atoms with E-state index in [1.54, 1.807) is 6.92 Å². The Morgan fingerprint density at radius 3 is 2.41 bits per heavy atom. The first-order valence-corrected chi connectivity index (χ1v) is 14.1. The fourth-order valence-electron chi connectivity index (χ4n) is 2.86. The number of allylic oxidation sites excluding steroid dienone is 1. The van der Waals surface area contributed by atoms with Gasteiger partial charge in [-0.05, 0) is 83.1 Å². The van der Waals surface area contributed by atoms with Crippen LogP contribution in [0.15, 0.2) is 20.6 Å². The molecule has 7 heteroatoms. The predicted octanol–water partition coefficient (Wildman–Crippen LogP) is 6.84. The first-order valence-electron chi connectivity index (χ1n) is 9.61. The van der Waals surface area contributed by atoms with Crippen LogP contribution in [0, 0.1) is 0 Å². The molecular formula is C20H32INO3SSi. The van der Waals surface area contributed by atoms with Gasteiger partial charge in [-0.1, -0.05) is 26.8 Å². The average Bonchev–Trinajstić information content (AvgIpc) is 3.11. The summed E-state index contributed by atoms with van der Waals surface area (Å²) in [5.41, 5.74) is 1.94. The molecule has 0 saturated carbocycles. The van der Waals surface area contributed by atoms with Gasteiger partial charge in [0.1, 0.15) is 0 Å². The third kappa shape index (κ3) is 7.79. The molecule has 0 radical (unpaired) electrons. The Kier molecular flexibility index (Phi) is 11.0. The third-order valence-electron chi connectivity index (χ3n) is 4.79. The number of ether oxygens (including phenoxy) is 1. The number of carbonyl (C=O) groups excluding carboxylic acids is 1. The summed E-state index contributed by atoms with van der Waals surface area (Å²) in [6, 6.07) is 3.38. The summed E-state index contributed by atoms with van der Waals surface area (Å²) < 4.78 is 13.1. The first-order chi connectivity index (χ1) is 12.8. The van der Waals surface area contributed by atoms with E-state index in [1.807, 2.05) is 11.5 Å². The zero-order chi connectivity index (χ0) is 20.4. The molecule has 0 N–H and O–H groups in total. The molecule has 1 rings (SSSR count). The van der Waals surface area contributed by atoms with Gasteiger partial charge in [-0.25, -0.2) is 9.78 Å². The Hall–Kier alpha value is -0.513. The topological polar surface area (TPSA) is 48.4 Å². The highest BCUT2D eigenvalue weighted by Gasteiger charge is 2.32. The van der Waals surface area contributed by atoms with Crippen LogP contribution in [0.5, 0.6) is 0 Å². The molecule has 0 saturated heterocycles.